The molecule has 1 atom stereocenters. The van der Waals surface area contributed by atoms with Gasteiger partial charge in [0.05, 0.1) is 0 Å². The Morgan fingerprint density at radius 2 is 1.96 bits per heavy atom. The van der Waals surface area contributed by atoms with Gasteiger partial charge in [0, 0.05) is 11.3 Å². The Kier molecular flexibility index (Phi) is 5.78. The van der Waals surface area contributed by atoms with Gasteiger partial charge in [0.2, 0.25) is 11.7 Å². The summed E-state index contributed by atoms with van der Waals surface area (Å²) in [7, 11) is 0. The fourth-order valence-corrected chi connectivity index (χ4v) is 2.59. The molecule has 0 saturated carbocycles. The summed E-state index contributed by atoms with van der Waals surface area (Å²) in [6.45, 7) is 5.55. The lowest BCUT2D eigenvalue weighted by molar-refractivity contribution is 0.101. The highest BCUT2D eigenvalue weighted by atomic mass is 16.5. The van der Waals surface area contributed by atoms with Gasteiger partial charge in [-0.05, 0) is 43.5 Å². The molecule has 3 N–H and O–H groups in total. The molecule has 146 valence electrons. The second-order valence-corrected chi connectivity index (χ2v) is 6.70. The van der Waals surface area contributed by atoms with Crippen molar-refractivity contribution in [1.29, 1.82) is 0 Å². The molecule has 0 aliphatic carbocycles. The number of hydrogen-bond donors (Lipinski definition) is 3. The Morgan fingerprint density at radius 1 is 1.21 bits per heavy atom. The number of amides is 2. The second-order valence-electron chi connectivity index (χ2n) is 6.70. The minimum atomic E-state index is -0.472. The lowest BCUT2D eigenvalue weighted by atomic mass is 10.0. The molecule has 10 heteroatoms. The van der Waals surface area contributed by atoms with E-state index in [1.165, 1.54) is 13.3 Å². The normalized spacial score (nSPS) is 12.0. The van der Waals surface area contributed by atoms with Crippen LogP contribution in [-0.2, 0) is 0 Å². The van der Waals surface area contributed by atoms with Gasteiger partial charge in [-0.2, -0.15) is 10.1 Å². The molecule has 10 nitrogen and oxygen atoms in total. The van der Waals surface area contributed by atoms with Crippen LogP contribution < -0.4 is 10.6 Å². The van der Waals surface area contributed by atoms with Crippen LogP contribution in [0.2, 0.25) is 0 Å². The molecule has 2 heterocycles. The third-order valence-electron chi connectivity index (χ3n) is 3.93. The van der Waals surface area contributed by atoms with Crippen molar-refractivity contribution >= 4 is 17.5 Å². The van der Waals surface area contributed by atoms with Gasteiger partial charge in [0.15, 0.2) is 11.6 Å². The molecule has 1 unspecified atom stereocenters. The Labute approximate surface area is 161 Å². The summed E-state index contributed by atoms with van der Waals surface area (Å²) >= 11 is 0. The van der Waals surface area contributed by atoms with E-state index in [1.54, 1.807) is 24.3 Å². The van der Waals surface area contributed by atoms with Gasteiger partial charge in [-0.25, -0.2) is 9.78 Å². The van der Waals surface area contributed by atoms with Crippen LogP contribution in [0.25, 0.3) is 11.6 Å². The monoisotopic (exact) mass is 383 g/mol. The van der Waals surface area contributed by atoms with E-state index in [9.17, 15) is 9.59 Å². The topological polar surface area (TPSA) is 139 Å². The zero-order chi connectivity index (χ0) is 20.1. The first-order chi connectivity index (χ1) is 13.4. The third-order valence-corrected chi connectivity index (χ3v) is 3.93. The molecule has 0 saturated heterocycles. The number of Topliss-reactive ketones (excluding diaryl/α,β-unsaturated/α-hetero) is 1. The van der Waals surface area contributed by atoms with Crippen LogP contribution in [-0.4, -0.2) is 37.1 Å². The Hall–Kier alpha value is -3.56. The Balaban J connectivity index is 1.69. The summed E-state index contributed by atoms with van der Waals surface area (Å²) < 4.78 is 5.32. The van der Waals surface area contributed by atoms with Crippen molar-refractivity contribution in [2.45, 2.75) is 33.2 Å². The number of ketones is 1. The number of aromatic nitrogens is 5. The average Bonchev–Trinajstić information content (AvgIpc) is 3.33. The molecule has 0 bridgehead atoms. The highest BCUT2D eigenvalue weighted by Gasteiger charge is 2.23. The van der Waals surface area contributed by atoms with E-state index in [1.807, 2.05) is 13.8 Å². The van der Waals surface area contributed by atoms with E-state index in [-0.39, 0.29) is 23.4 Å². The van der Waals surface area contributed by atoms with Gasteiger partial charge in [-0.1, -0.05) is 19.0 Å². The van der Waals surface area contributed by atoms with E-state index in [2.05, 4.69) is 36.0 Å². The fraction of sp³-hybridized carbons (Fsp3) is 0.333. The average molecular weight is 383 g/mol. The standard InChI is InChI=1S/C18H21N7O3/c1-10(2)8-14(17-23-16(25-28-17)15-19-9-20-24-15)22-18(27)21-13-6-4-12(5-7-13)11(3)26/h4-7,9-10,14H,8H2,1-3H3,(H,19,20,24)(H2,21,22,27). The summed E-state index contributed by atoms with van der Waals surface area (Å²) in [5.74, 6) is 1.17. The first kappa shape index (κ1) is 19.2. The quantitative estimate of drug-likeness (QED) is 0.533. The number of aromatic amines is 1. The van der Waals surface area contributed by atoms with Crippen molar-refractivity contribution in [3.05, 3.63) is 42.0 Å². The number of nitrogens with one attached hydrogen (secondary N) is 3. The van der Waals surface area contributed by atoms with Crippen molar-refractivity contribution in [3.8, 4) is 11.6 Å². The minimum Gasteiger partial charge on any atom is -0.337 e. The number of rotatable bonds is 7. The molecule has 0 spiro atoms. The summed E-state index contributed by atoms with van der Waals surface area (Å²) in [5, 5.41) is 15.9. The molecule has 3 rings (SSSR count). The first-order valence-corrected chi connectivity index (χ1v) is 8.80. The molecule has 2 amide bonds. The number of nitrogens with zero attached hydrogens (tertiary/aromatic N) is 4. The summed E-state index contributed by atoms with van der Waals surface area (Å²) in [6.07, 6.45) is 1.95. The largest absolute Gasteiger partial charge is 0.337 e. The molecular weight excluding hydrogens is 362 g/mol. The zero-order valence-electron chi connectivity index (χ0n) is 15.8. The second kappa shape index (κ2) is 8.42. The van der Waals surface area contributed by atoms with Gasteiger partial charge < -0.3 is 15.2 Å². The van der Waals surface area contributed by atoms with Crippen LogP contribution >= 0.6 is 0 Å². The van der Waals surface area contributed by atoms with Crippen LogP contribution in [0, 0.1) is 5.92 Å². The zero-order valence-corrected chi connectivity index (χ0v) is 15.8. The van der Waals surface area contributed by atoms with Gasteiger partial charge in [-0.3, -0.25) is 9.89 Å². The van der Waals surface area contributed by atoms with E-state index < -0.39 is 12.1 Å². The maximum absolute atomic E-state index is 12.4. The summed E-state index contributed by atoms with van der Waals surface area (Å²) in [4.78, 5) is 32.0. The van der Waals surface area contributed by atoms with E-state index in [0.717, 1.165) is 0 Å². The predicted octanol–water partition coefficient (Wildman–Crippen LogP) is 2.97. The number of anilines is 1. The molecule has 0 aliphatic rings. The summed E-state index contributed by atoms with van der Waals surface area (Å²) in [5.41, 5.74) is 1.15. The van der Waals surface area contributed by atoms with Crippen LogP contribution in [0.15, 0.2) is 35.1 Å². The van der Waals surface area contributed by atoms with Gasteiger partial charge in [-0.15, -0.1) is 0 Å². The van der Waals surface area contributed by atoms with E-state index in [4.69, 9.17) is 4.52 Å². The number of carbonyl (C=O) groups is 2. The number of benzene rings is 1. The van der Waals surface area contributed by atoms with E-state index in [0.29, 0.717) is 23.5 Å². The van der Waals surface area contributed by atoms with Gasteiger partial charge in [0.1, 0.15) is 12.4 Å². The number of H-pyrrole nitrogens is 1. The molecule has 0 aliphatic heterocycles. The van der Waals surface area contributed by atoms with Crippen molar-refractivity contribution in [3.63, 3.8) is 0 Å². The molecule has 2 aromatic heterocycles. The Bertz CT molecular complexity index is 933. The van der Waals surface area contributed by atoms with Crippen LogP contribution in [0.5, 0.6) is 0 Å². The first-order valence-electron chi connectivity index (χ1n) is 8.80. The number of carbonyl (C=O) groups excluding carboxylic acids is 2. The highest BCUT2D eigenvalue weighted by Crippen LogP contribution is 2.22. The molecule has 0 radical (unpaired) electrons. The number of hydrogen-bond acceptors (Lipinski definition) is 7. The van der Waals surface area contributed by atoms with Crippen LogP contribution in [0.1, 0.15) is 49.5 Å². The molecule has 1 aromatic carbocycles. The van der Waals surface area contributed by atoms with Crippen molar-refractivity contribution in [2.24, 2.45) is 5.92 Å². The van der Waals surface area contributed by atoms with Crippen LogP contribution in [0.4, 0.5) is 10.5 Å². The van der Waals surface area contributed by atoms with Gasteiger partial charge >= 0.3 is 6.03 Å². The molecular formula is C18H21N7O3. The third kappa shape index (κ3) is 4.78. The van der Waals surface area contributed by atoms with Crippen LogP contribution in [0.3, 0.4) is 0 Å². The Morgan fingerprint density at radius 3 is 2.57 bits per heavy atom. The highest BCUT2D eigenvalue weighted by molar-refractivity contribution is 5.95. The van der Waals surface area contributed by atoms with Crippen molar-refractivity contribution in [1.82, 2.24) is 30.6 Å². The van der Waals surface area contributed by atoms with Gasteiger partial charge in [0.25, 0.3) is 0 Å². The maximum atomic E-state index is 12.4. The fourth-order valence-electron chi connectivity index (χ4n) is 2.59. The number of urea groups is 1. The van der Waals surface area contributed by atoms with Crippen molar-refractivity contribution < 1.29 is 14.1 Å². The molecule has 28 heavy (non-hydrogen) atoms. The lowest BCUT2D eigenvalue weighted by Gasteiger charge is -2.17. The molecule has 3 aromatic rings. The smallest absolute Gasteiger partial charge is 0.319 e. The summed E-state index contributed by atoms with van der Waals surface area (Å²) in [6, 6.07) is 5.77. The minimum absolute atomic E-state index is 0.0352. The lowest BCUT2D eigenvalue weighted by Crippen LogP contribution is -2.33. The van der Waals surface area contributed by atoms with E-state index >= 15 is 0 Å². The maximum Gasteiger partial charge on any atom is 0.319 e. The molecule has 0 fully saturated rings. The van der Waals surface area contributed by atoms with Crippen molar-refractivity contribution in [2.75, 3.05) is 5.32 Å². The SMILES string of the molecule is CC(=O)c1ccc(NC(=O)NC(CC(C)C)c2nc(-c3ncn[nH]3)no2)cc1. The predicted molar refractivity (Wildman–Crippen MR) is 100 cm³/mol.